The molecule has 1 heterocycles. The molecule has 0 aromatic carbocycles. The van der Waals surface area contributed by atoms with E-state index < -0.39 is 4.92 Å². The summed E-state index contributed by atoms with van der Waals surface area (Å²) in [6, 6.07) is 0.0797. The summed E-state index contributed by atoms with van der Waals surface area (Å²) in [7, 11) is 0. The molecule has 4 N–H and O–H groups in total. The third-order valence-corrected chi connectivity index (χ3v) is 2.93. The van der Waals surface area contributed by atoms with Crippen LogP contribution >= 0.6 is 0 Å². The normalized spacial score (nSPS) is 12.3. The van der Waals surface area contributed by atoms with Crippen molar-refractivity contribution in [1.82, 2.24) is 9.97 Å². The molecule has 0 bridgehead atoms. The molecule has 1 rings (SSSR count). The Labute approximate surface area is 118 Å². The van der Waals surface area contributed by atoms with Crippen LogP contribution in [0, 0.1) is 23.0 Å². The zero-order valence-corrected chi connectivity index (χ0v) is 12.3. The average molecular weight is 282 g/mol. The number of rotatable bonds is 7. The van der Waals surface area contributed by atoms with Crippen LogP contribution in [0.15, 0.2) is 0 Å². The summed E-state index contributed by atoms with van der Waals surface area (Å²) in [5, 5.41) is 14.2. The first-order chi connectivity index (χ1) is 9.35. The van der Waals surface area contributed by atoms with Crippen molar-refractivity contribution in [3.63, 3.8) is 0 Å². The number of nitro groups is 1. The van der Waals surface area contributed by atoms with Crippen molar-refractivity contribution in [2.24, 2.45) is 11.8 Å². The molecule has 8 nitrogen and oxygen atoms in total. The first kappa shape index (κ1) is 16.1. The molecule has 0 spiro atoms. The van der Waals surface area contributed by atoms with Crippen molar-refractivity contribution in [3.05, 3.63) is 15.8 Å². The van der Waals surface area contributed by atoms with Crippen molar-refractivity contribution in [3.8, 4) is 0 Å². The lowest BCUT2D eigenvalue weighted by Gasteiger charge is -2.16. The Bertz CT molecular complexity index is 477. The van der Waals surface area contributed by atoms with E-state index in [1.807, 2.05) is 6.92 Å². The molecule has 1 unspecified atom stereocenters. The highest BCUT2D eigenvalue weighted by atomic mass is 16.6. The third kappa shape index (κ3) is 4.30. The van der Waals surface area contributed by atoms with Gasteiger partial charge >= 0.3 is 5.69 Å². The molecule has 1 aromatic rings. The van der Waals surface area contributed by atoms with Crippen molar-refractivity contribution < 1.29 is 4.92 Å². The van der Waals surface area contributed by atoms with Gasteiger partial charge in [0.05, 0.1) is 4.92 Å². The lowest BCUT2D eigenvalue weighted by atomic mass is 10.0. The maximum Gasteiger partial charge on any atom is 0.332 e. The minimum atomic E-state index is -0.479. The van der Waals surface area contributed by atoms with E-state index in [2.05, 4.69) is 34.6 Å². The van der Waals surface area contributed by atoms with Gasteiger partial charge in [0.25, 0.3) is 0 Å². The van der Waals surface area contributed by atoms with Crippen LogP contribution in [-0.2, 0) is 0 Å². The minimum Gasteiger partial charge on any atom is -0.362 e. The third-order valence-electron chi connectivity index (χ3n) is 2.93. The molecule has 20 heavy (non-hydrogen) atoms. The number of nitrogens with zero attached hydrogens (tertiary/aromatic N) is 3. The van der Waals surface area contributed by atoms with Crippen LogP contribution in [0.3, 0.4) is 0 Å². The summed E-state index contributed by atoms with van der Waals surface area (Å²) in [6.45, 7) is 7.81. The lowest BCUT2D eigenvalue weighted by Crippen LogP contribution is -2.20. The topological polar surface area (TPSA) is 119 Å². The number of nitrogens with two attached hydrogens (primary N) is 1. The van der Waals surface area contributed by atoms with Crippen LogP contribution < -0.4 is 16.6 Å². The molecule has 0 saturated heterocycles. The van der Waals surface area contributed by atoms with Gasteiger partial charge in [-0.05, 0) is 32.6 Å². The van der Waals surface area contributed by atoms with Gasteiger partial charge in [0.15, 0.2) is 0 Å². The van der Waals surface area contributed by atoms with Crippen LogP contribution in [0.2, 0.25) is 0 Å². The Morgan fingerprint density at radius 3 is 2.45 bits per heavy atom. The van der Waals surface area contributed by atoms with Crippen LogP contribution in [0.4, 0.5) is 17.5 Å². The number of hydrogen-bond acceptors (Lipinski definition) is 7. The molecule has 1 aromatic heterocycles. The predicted octanol–water partition coefficient (Wildman–Crippen LogP) is 2.22. The monoisotopic (exact) mass is 282 g/mol. The highest BCUT2D eigenvalue weighted by molar-refractivity contribution is 5.61. The fraction of sp³-hybridized carbons (Fsp3) is 0.667. The fourth-order valence-corrected chi connectivity index (χ4v) is 1.84. The Balaban J connectivity index is 2.96. The summed E-state index contributed by atoms with van der Waals surface area (Å²) < 4.78 is 0. The largest absolute Gasteiger partial charge is 0.362 e. The van der Waals surface area contributed by atoms with E-state index in [-0.39, 0.29) is 29.2 Å². The first-order valence-electron chi connectivity index (χ1n) is 6.61. The van der Waals surface area contributed by atoms with Crippen LogP contribution in [0.5, 0.6) is 0 Å². The van der Waals surface area contributed by atoms with Crippen LogP contribution in [0.1, 0.15) is 39.3 Å². The predicted molar refractivity (Wildman–Crippen MR) is 78.4 cm³/mol. The van der Waals surface area contributed by atoms with Gasteiger partial charge in [0, 0.05) is 6.04 Å². The van der Waals surface area contributed by atoms with E-state index in [1.165, 1.54) is 0 Å². The smallest absolute Gasteiger partial charge is 0.332 e. The maximum atomic E-state index is 11.1. The summed E-state index contributed by atoms with van der Waals surface area (Å²) in [5.74, 6) is 6.22. The molecule has 0 amide bonds. The van der Waals surface area contributed by atoms with E-state index in [9.17, 15) is 10.1 Å². The molecular weight excluding hydrogens is 260 g/mol. The molecular formula is C12H22N6O2. The van der Waals surface area contributed by atoms with Gasteiger partial charge in [0.1, 0.15) is 5.69 Å². The average Bonchev–Trinajstić information content (AvgIpc) is 2.35. The molecule has 0 aliphatic rings. The molecule has 112 valence electrons. The number of aryl methyl sites for hydroxylation is 1. The van der Waals surface area contributed by atoms with E-state index in [4.69, 9.17) is 5.84 Å². The highest BCUT2D eigenvalue weighted by Crippen LogP contribution is 2.27. The molecule has 0 saturated carbocycles. The summed E-state index contributed by atoms with van der Waals surface area (Å²) in [4.78, 5) is 18.6. The summed E-state index contributed by atoms with van der Waals surface area (Å²) >= 11 is 0. The first-order valence-corrected chi connectivity index (χ1v) is 6.61. The van der Waals surface area contributed by atoms with Gasteiger partial charge in [-0.1, -0.05) is 13.8 Å². The second-order valence-electron chi connectivity index (χ2n) is 5.25. The quantitative estimate of drug-likeness (QED) is 0.398. The Hall–Kier alpha value is -1.96. The van der Waals surface area contributed by atoms with Gasteiger partial charge in [-0.3, -0.25) is 15.5 Å². The SMILES string of the molecule is Cc1nc(NN)nc(NC(C)CCC(C)C)c1[N+](=O)[O-]. The Kier molecular flexibility index (Phi) is 5.63. The standard InChI is InChI=1S/C12H22N6O2/c1-7(2)5-6-8(3)14-11-10(18(19)20)9(4)15-12(16-11)17-13/h7-8H,5-6,13H2,1-4H3,(H2,14,15,16,17). The zero-order chi connectivity index (χ0) is 15.3. The van der Waals surface area contributed by atoms with Crippen molar-refractivity contribution in [2.75, 3.05) is 10.7 Å². The maximum absolute atomic E-state index is 11.1. The van der Waals surface area contributed by atoms with E-state index in [1.54, 1.807) is 6.92 Å². The van der Waals surface area contributed by atoms with Gasteiger partial charge in [-0.25, -0.2) is 10.8 Å². The molecule has 0 aliphatic heterocycles. The van der Waals surface area contributed by atoms with E-state index >= 15 is 0 Å². The van der Waals surface area contributed by atoms with Crippen LogP contribution in [-0.4, -0.2) is 20.9 Å². The number of nitrogens with one attached hydrogen (secondary N) is 2. The number of hydrogen-bond donors (Lipinski definition) is 3. The van der Waals surface area contributed by atoms with Crippen molar-refractivity contribution in [1.29, 1.82) is 0 Å². The number of anilines is 2. The molecule has 0 fully saturated rings. The minimum absolute atomic E-state index is 0.0797. The van der Waals surface area contributed by atoms with E-state index in [0.29, 0.717) is 5.92 Å². The highest BCUT2D eigenvalue weighted by Gasteiger charge is 2.23. The number of hydrazine groups is 1. The molecule has 0 radical (unpaired) electrons. The second kappa shape index (κ2) is 6.99. The number of nitrogen functional groups attached to an aromatic ring is 1. The Morgan fingerprint density at radius 2 is 1.95 bits per heavy atom. The molecule has 8 heteroatoms. The van der Waals surface area contributed by atoms with Crippen molar-refractivity contribution >= 4 is 17.5 Å². The lowest BCUT2D eigenvalue weighted by molar-refractivity contribution is -0.385. The second-order valence-corrected chi connectivity index (χ2v) is 5.25. The summed E-state index contributed by atoms with van der Waals surface area (Å²) in [5.41, 5.74) is 2.48. The van der Waals surface area contributed by atoms with Gasteiger partial charge < -0.3 is 5.32 Å². The van der Waals surface area contributed by atoms with Gasteiger partial charge in [-0.15, -0.1) is 0 Å². The van der Waals surface area contributed by atoms with Gasteiger partial charge in [0.2, 0.25) is 11.8 Å². The van der Waals surface area contributed by atoms with Crippen molar-refractivity contribution in [2.45, 2.75) is 46.6 Å². The zero-order valence-electron chi connectivity index (χ0n) is 12.3. The molecule has 0 aliphatic carbocycles. The fourth-order valence-electron chi connectivity index (χ4n) is 1.84. The van der Waals surface area contributed by atoms with E-state index in [0.717, 1.165) is 12.8 Å². The number of aromatic nitrogens is 2. The summed E-state index contributed by atoms with van der Waals surface area (Å²) in [6.07, 6.45) is 1.94. The Morgan fingerprint density at radius 1 is 1.30 bits per heavy atom. The van der Waals surface area contributed by atoms with Gasteiger partial charge in [-0.2, -0.15) is 4.98 Å². The van der Waals surface area contributed by atoms with Crippen LogP contribution in [0.25, 0.3) is 0 Å². The molecule has 1 atom stereocenters.